The minimum absolute atomic E-state index is 0.397. The number of nitrogens with zero attached hydrogens (tertiary/aromatic N) is 3. The number of piperidine rings is 1. The third-order valence-electron chi connectivity index (χ3n) is 9.20. The van der Waals surface area contributed by atoms with Gasteiger partial charge in [-0.1, -0.05) is 68.0 Å². The number of para-hydroxylation sites is 2. The molecule has 49 heavy (non-hydrogen) atoms. The second kappa shape index (κ2) is 18.1. The summed E-state index contributed by atoms with van der Waals surface area (Å²) in [6.45, 7) is 8.13. The van der Waals surface area contributed by atoms with Crippen molar-refractivity contribution in [2.75, 3.05) is 45.9 Å². The predicted molar refractivity (Wildman–Crippen MR) is 204 cm³/mol. The van der Waals surface area contributed by atoms with Crippen LogP contribution < -0.4 is 19.1 Å². The van der Waals surface area contributed by atoms with Gasteiger partial charge in [0.05, 0.1) is 27.0 Å². The van der Waals surface area contributed by atoms with Gasteiger partial charge in [0.2, 0.25) is 0 Å². The largest absolute Gasteiger partial charge is 0.497 e. The first-order valence-electron chi connectivity index (χ1n) is 17.4. The SMILES string of the molecule is CCC\C=C/C=C(\C=C(/C)c1ccccc1OC)CN(c1ccc(OC)cc1)C1CCN(Cc2ccnc(-c3ccccc3OC)c2)CC1. The van der Waals surface area contributed by atoms with Crippen LogP contribution in [0.15, 0.2) is 121 Å². The second-order valence-corrected chi connectivity index (χ2v) is 12.6. The lowest BCUT2D eigenvalue weighted by atomic mass is 9.98. The monoisotopic (exact) mass is 657 g/mol. The van der Waals surface area contributed by atoms with Crippen LogP contribution in [-0.2, 0) is 6.54 Å². The van der Waals surface area contributed by atoms with E-state index in [1.807, 2.05) is 36.5 Å². The standard InChI is InChI=1S/C43H51N3O3/c1-6-7-8-9-14-34(29-33(2)39-15-10-12-17-42(39)48-4)32-46(36-19-21-38(47-3)22-20-36)37-24-27-45(28-25-37)31-35-23-26-44-41(30-35)40-16-11-13-18-43(40)49-5/h8-23,26,29-30,37H,6-7,24-25,27-28,31-32H2,1-5H3/b9-8-,33-29+,34-14+. The fourth-order valence-corrected chi connectivity index (χ4v) is 6.55. The number of allylic oxidation sites excluding steroid dienone is 4. The number of pyridine rings is 1. The number of rotatable bonds is 15. The van der Waals surface area contributed by atoms with Gasteiger partial charge >= 0.3 is 0 Å². The van der Waals surface area contributed by atoms with E-state index >= 15 is 0 Å². The molecule has 6 nitrogen and oxygen atoms in total. The minimum atomic E-state index is 0.397. The maximum atomic E-state index is 5.71. The zero-order valence-electron chi connectivity index (χ0n) is 29.8. The van der Waals surface area contributed by atoms with Gasteiger partial charge in [0.25, 0.3) is 0 Å². The topological polar surface area (TPSA) is 47.1 Å². The van der Waals surface area contributed by atoms with Gasteiger partial charge in [-0.15, -0.1) is 0 Å². The summed E-state index contributed by atoms with van der Waals surface area (Å²) < 4.78 is 16.8. The normalized spacial score (nSPS) is 14.6. The molecule has 0 spiro atoms. The van der Waals surface area contributed by atoms with Crippen molar-refractivity contribution in [1.29, 1.82) is 0 Å². The maximum absolute atomic E-state index is 5.71. The molecule has 0 radical (unpaired) electrons. The lowest BCUT2D eigenvalue weighted by Gasteiger charge is -2.40. The van der Waals surface area contributed by atoms with Crippen LogP contribution in [0.5, 0.6) is 17.2 Å². The highest BCUT2D eigenvalue weighted by Gasteiger charge is 2.26. The molecule has 4 aromatic rings. The van der Waals surface area contributed by atoms with Gasteiger partial charge in [-0.3, -0.25) is 9.88 Å². The van der Waals surface area contributed by atoms with Crippen molar-refractivity contribution in [2.24, 2.45) is 0 Å². The summed E-state index contributed by atoms with van der Waals surface area (Å²) in [6, 6.07) is 29.6. The zero-order valence-corrected chi connectivity index (χ0v) is 29.8. The van der Waals surface area contributed by atoms with E-state index in [1.165, 1.54) is 22.4 Å². The smallest absolute Gasteiger partial charge is 0.128 e. The molecule has 1 aliphatic heterocycles. The van der Waals surface area contributed by atoms with Crippen LogP contribution in [0.25, 0.3) is 16.8 Å². The van der Waals surface area contributed by atoms with Crippen LogP contribution in [0.2, 0.25) is 0 Å². The number of likely N-dealkylation sites (tertiary alicyclic amines) is 1. The molecule has 256 valence electrons. The highest BCUT2D eigenvalue weighted by molar-refractivity contribution is 5.72. The second-order valence-electron chi connectivity index (χ2n) is 12.6. The van der Waals surface area contributed by atoms with E-state index < -0.39 is 0 Å². The first kappa shape index (κ1) is 35.5. The average molecular weight is 658 g/mol. The Bertz CT molecular complexity index is 1720. The molecule has 0 aliphatic carbocycles. The quantitative estimate of drug-likeness (QED) is 0.119. The summed E-state index contributed by atoms with van der Waals surface area (Å²) in [6.07, 6.45) is 15.3. The molecular formula is C43H51N3O3. The molecule has 5 rings (SSSR count). The van der Waals surface area contributed by atoms with E-state index in [9.17, 15) is 0 Å². The van der Waals surface area contributed by atoms with Gasteiger partial charge in [0.15, 0.2) is 0 Å². The molecule has 0 saturated carbocycles. The molecule has 0 unspecified atom stereocenters. The van der Waals surface area contributed by atoms with Crippen LogP contribution in [0, 0.1) is 0 Å². The Morgan fingerprint density at radius 1 is 0.878 bits per heavy atom. The Morgan fingerprint density at radius 2 is 1.59 bits per heavy atom. The van der Waals surface area contributed by atoms with Crippen molar-refractivity contribution in [3.8, 4) is 28.5 Å². The summed E-state index contributed by atoms with van der Waals surface area (Å²) in [4.78, 5) is 9.83. The Kier molecular flexibility index (Phi) is 13.1. The third-order valence-corrected chi connectivity index (χ3v) is 9.20. The molecule has 1 fully saturated rings. The van der Waals surface area contributed by atoms with Crippen molar-refractivity contribution in [3.05, 3.63) is 132 Å². The Hall–Kier alpha value is -4.81. The van der Waals surface area contributed by atoms with Crippen LogP contribution in [0.3, 0.4) is 0 Å². The molecule has 0 amide bonds. The first-order chi connectivity index (χ1) is 24.0. The summed E-state index contributed by atoms with van der Waals surface area (Å²) in [5.41, 5.74) is 7.99. The van der Waals surface area contributed by atoms with Crippen molar-refractivity contribution in [3.63, 3.8) is 0 Å². The molecule has 2 heterocycles. The summed E-state index contributed by atoms with van der Waals surface area (Å²) in [7, 11) is 5.17. The van der Waals surface area contributed by atoms with Gasteiger partial charge in [0.1, 0.15) is 17.2 Å². The van der Waals surface area contributed by atoms with Crippen LogP contribution >= 0.6 is 0 Å². The van der Waals surface area contributed by atoms with Crippen molar-refractivity contribution >= 4 is 11.3 Å². The van der Waals surface area contributed by atoms with E-state index in [-0.39, 0.29) is 0 Å². The molecule has 0 N–H and O–H groups in total. The first-order valence-corrected chi connectivity index (χ1v) is 17.4. The lowest BCUT2D eigenvalue weighted by Crippen LogP contribution is -2.45. The highest BCUT2D eigenvalue weighted by atomic mass is 16.5. The highest BCUT2D eigenvalue weighted by Crippen LogP contribution is 2.32. The summed E-state index contributed by atoms with van der Waals surface area (Å²) in [5.74, 6) is 2.60. The summed E-state index contributed by atoms with van der Waals surface area (Å²) >= 11 is 0. The number of unbranched alkanes of at least 4 members (excludes halogenated alkanes) is 1. The van der Waals surface area contributed by atoms with Gasteiger partial charge in [-0.25, -0.2) is 0 Å². The molecular weight excluding hydrogens is 606 g/mol. The Morgan fingerprint density at radius 3 is 2.31 bits per heavy atom. The lowest BCUT2D eigenvalue weighted by molar-refractivity contribution is 0.202. The number of anilines is 1. The molecule has 1 aliphatic rings. The average Bonchev–Trinajstić information content (AvgIpc) is 3.15. The molecule has 1 aromatic heterocycles. The van der Waals surface area contributed by atoms with E-state index in [0.29, 0.717) is 6.04 Å². The van der Waals surface area contributed by atoms with E-state index in [2.05, 4.69) is 108 Å². The third kappa shape index (κ3) is 9.64. The van der Waals surface area contributed by atoms with Gasteiger partial charge in [-0.2, -0.15) is 0 Å². The number of methoxy groups -OCH3 is 3. The van der Waals surface area contributed by atoms with E-state index in [0.717, 1.165) is 85.9 Å². The molecule has 1 saturated heterocycles. The van der Waals surface area contributed by atoms with Crippen molar-refractivity contribution in [1.82, 2.24) is 9.88 Å². The van der Waals surface area contributed by atoms with Crippen LogP contribution in [0.1, 0.15) is 50.7 Å². The fraction of sp³-hybridized carbons (Fsp3) is 0.326. The van der Waals surface area contributed by atoms with Crippen LogP contribution in [-0.4, -0.2) is 56.9 Å². The van der Waals surface area contributed by atoms with Gasteiger partial charge < -0.3 is 19.1 Å². The minimum Gasteiger partial charge on any atom is -0.497 e. The molecule has 0 atom stereocenters. The van der Waals surface area contributed by atoms with E-state index in [4.69, 9.17) is 14.2 Å². The Balaban J connectivity index is 1.36. The number of aromatic nitrogens is 1. The van der Waals surface area contributed by atoms with Crippen molar-refractivity contribution in [2.45, 2.75) is 52.1 Å². The zero-order chi connectivity index (χ0) is 34.4. The number of hydrogen-bond donors (Lipinski definition) is 0. The molecule has 3 aromatic carbocycles. The van der Waals surface area contributed by atoms with Gasteiger partial charge in [0, 0.05) is 55.2 Å². The van der Waals surface area contributed by atoms with Crippen LogP contribution in [0.4, 0.5) is 5.69 Å². The molecule has 6 heteroatoms. The number of ether oxygens (including phenoxy) is 3. The van der Waals surface area contributed by atoms with E-state index in [1.54, 1.807) is 21.3 Å². The fourth-order valence-electron chi connectivity index (χ4n) is 6.55. The summed E-state index contributed by atoms with van der Waals surface area (Å²) in [5, 5.41) is 0. The molecule has 0 bridgehead atoms. The number of benzene rings is 3. The van der Waals surface area contributed by atoms with Crippen molar-refractivity contribution < 1.29 is 14.2 Å². The number of hydrogen-bond acceptors (Lipinski definition) is 6. The van der Waals surface area contributed by atoms with Gasteiger partial charge in [-0.05, 0) is 97.5 Å². The maximum Gasteiger partial charge on any atom is 0.128 e. The predicted octanol–water partition coefficient (Wildman–Crippen LogP) is 9.63. The Labute approximate surface area is 293 Å².